The number of fused-ring (bicyclic) bond motifs is 1. The smallest absolute Gasteiger partial charge is 0.338 e. The molecule has 2 N–H and O–H groups in total. The van der Waals surface area contributed by atoms with Gasteiger partial charge in [-0.1, -0.05) is 24.3 Å². The molecule has 0 fully saturated rings. The molecule has 2 heterocycles. The van der Waals surface area contributed by atoms with Crippen LogP contribution in [0.2, 0.25) is 0 Å². The van der Waals surface area contributed by atoms with Gasteiger partial charge in [0.2, 0.25) is 0 Å². The zero-order valence-electron chi connectivity index (χ0n) is 19.1. The molecule has 37 heavy (non-hydrogen) atoms. The average Bonchev–Trinajstić information content (AvgIpc) is 3.19. The highest BCUT2D eigenvalue weighted by Gasteiger charge is 2.37. The number of carbonyl (C=O) groups excluding carboxylic acids is 1. The average molecular weight is 519 g/mol. The first kappa shape index (κ1) is 25.0. The highest BCUT2D eigenvalue weighted by molar-refractivity contribution is 7.07. The van der Waals surface area contributed by atoms with Crippen molar-refractivity contribution in [3.8, 4) is 6.07 Å². The van der Waals surface area contributed by atoms with E-state index >= 15 is 0 Å². The summed E-state index contributed by atoms with van der Waals surface area (Å²) < 4.78 is 6.43. The second kappa shape index (κ2) is 9.88. The molecular formula is C24H17N5O7S. The lowest BCUT2D eigenvalue weighted by Gasteiger charge is -2.24. The summed E-state index contributed by atoms with van der Waals surface area (Å²) in [5.41, 5.74) is 5.56. The number of nitro groups is 2. The van der Waals surface area contributed by atoms with Gasteiger partial charge in [0.05, 0.1) is 44.1 Å². The Balaban J connectivity index is 2.08. The lowest BCUT2D eigenvalue weighted by Crippen LogP contribution is -2.40. The number of nitrogens with zero attached hydrogens (tertiary/aromatic N) is 4. The lowest BCUT2D eigenvalue weighted by atomic mass is 9.83. The van der Waals surface area contributed by atoms with Crippen molar-refractivity contribution in [2.75, 3.05) is 6.61 Å². The van der Waals surface area contributed by atoms with Gasteiger partial charge < -0.3 is 10.5 Å². The van der Waals surface area contributed by atoms with Crippen molar-refractivity contribution in [2.45, 2.75) is 12.8 Å². The Morgan fingerprint density at radius 2 is 1.84 bits per heavy atom. The van der Waals surface area contributed by atoms with Gasteiger partial charge in [0.15, 0.2) is 0 Å². The van der Waals surface area contributed by atoms with Crippen molar-refractivity contribution in [2.24, 2.45) is 5.73 Å². The third-order valence-electron chi connectivity index (χ3n) is 5.56. The molecular weight excluding hydrogens is 502 g/mol. The molecule has 12 nitrogen and oxygen atoms in total. The van der Waals surface area contributed by atoms with Crippen LogP contribution in [0.15, 0.2) is 58.9 Å². The maximum absolute atomic E-state index is 13.4. The number of thiazole rings is 1. The van der Waals surface area contributed by atoms with E-state index in [2.05, 4.69) is 0 Å². The monoisotopic (exact) mass is 519 g/mol. The second-order valence-electron chi connectivity index (χ2n) is 7.74. The van der Waals surface area contributed by atoms with Crippen LogP contribution in [-0.2, 0) is 9.53 Å². The number of carbonyl (C=O) groups is 1. The SMILES string of the molecule is CCOC(=O)C1=c2sc(=Cc3cccc([N+](=O)[O-])c3)c(=O)n2C(N)=C(C#N)[C@@H]1c1cccc([N+](=O)[O-])c1. The number of nitriles is 1. The molecule has 0 saturated carbocycles. The van der Waals surface area contributed by atoms with Crippen LogP contribution < -0.4 is 20.5 Å². The molecule has 0 bridgehead atoms. The third kappa shape index (κ3) is 4.48. The Labute approximate surface area is 211 Å². The number of hydrogen-bond acceptors (Lipinski definition) is 10. The predicted octanol–water partition coefficient (Wildman–Crippen LogP) is 1.72. The fraction of sp³-hybridized carbons (Fsp3) is 0.125. The van der Waals surface area contributed by atoms with Gasteiger partial charge in [0.25, 0.3) is 16.9 Å². The fourth-order valence-electron chi connectivity index (χ4n) is 3.98. The van der Waals surface area contributed by atoms with Gasteiger partial charge in [-0.25, -0.2) is 4.79 Å². The quantitative estimate of drug-likeness (QED) is 0.288. The molecule has 0 amide bonds. The minimum Gasteiger partial charge on any atom is -0.463 e. The number of esters is 1. The van der Waals surface area contributed by atoms with Crippen LogP contribution in [0, 0.1) is 31.6 Å². The van der Waals surface area contributed by atoms with Crippen LogP contribution in [0.4, 0.5) is 11.4 Å². The number of ether oxygens (including phenoxy) is 1. The Morgan fingerprint density at radius 1 is 1.19 bits per heavy atom. The van der Waals surface area contributed by atoms with E-state index in [0.29, 0.717) is 5.56 Å². The van der Waals surface area contributed by atoms with Crippen LogP contribution in [0.5, 0.6) is 0 Å². The largest absolute Gasteiger partial charge is 0.463 e. The molecule has 3 aromatic rings. The van der Waals surface area contributed by atoms with Gasteiger partial charge in [-0.15, -0.1) is 11.3 Å². The van der Waals surface area contributed by atoms with E-state index in [1.807, 2.05) is 6.07 Å². The first-order chi connectivity index (χ1) is 17.7. The number of rotatable bonds is 6. The summed E-state index contributed by atoms with van der Waals surface area (Å²) in [6.45, 7) is 1.58. The summed E-state index contributed by atoms with van der Waals surface area (Å²) in [6.07, 6.45) is 1.41. The number of hydrogen-bond donors (Lipinski definition) is 1. The molecule has 2 aromatic carbocycles. The topological polar surface area (TPSA) is 184 Å². The Hall–Kier alpha value is -5.09. The zero-order chi connectivity index (χ0) is 26.9. The number of allylic oxidation sites excluding steroid dienone is 1. The maximum atomic E-state index is 13.4. The van der Waals surface area contributed by atoms with E-state index in [9.17, 15) is 35.1 Å². The van der Waals surface area contributed by atoms with Crippen molar-refractivity contribution >= 4 is 46.2 Å². The molecule has 0 radical (unpaired) electrons. The predicted molar refractivity (Wildman–Crippen MR) is 133 cm³/mol. The summed E-state index contributed by atoms with van der Waals surface area (Å²) in [4.78, 5) is 47.9. The van der Waals surface area contributed by atoms with Crippen LogP contribution >= 0.6 is 11.3 Å². The molecule has 1 aliphatic rings. The summed E-state index contributed by atoms with van der Waals surface area (Å²) in [6, 6.07) is 13.0. The van der Waals surface area contributed by atoms with Gasteiger partial charge in [0, 0.05) is 24.3 Å². The number of benzene rings is 2. The highest BCUT2D eigenvalue weighted by Crippen LogP contribution is 2.37. The van der Waals surface area contributed by atoms with Crippen molar-refractivity contribution in [3.05, 3.63) is 105 Å². The first-order valence-corrected chi connectivity index (χ1v) is 11.5. The maximum Gasteiger partial charge on any atom is 0.338 e. The number of non-ortho nitro benzene ring substituents is 2. The Bertz CT molecular complexity index is 1730. The minimum absolute atomic E-state index is 0.00660. The van der Waals surface area contributed by atoms with Crippen molar-refractivity contribution < 1.29 is 19.4 Å². The van der Waals surface area contributed by atoms with Crippen LogP contribution in [0.3, 0.4) is 0 Å². The molecule has 1 aromatic heterocycles. The van der Waals surface area contributed by atoms with Crippen molar-refractivity contribution in [1.29, 1.82) is 5.26 Å². The van der Waals surface area contributed by atoms with E-state index < -0.39 is 27.3 Å². The highest BCUT2D eigenvalue weighted by atomic mass is 32.1. The van der Waals surface area contributed by atoms with Gasteiger partial charge in [-0.05, 0) is 24.1 Å². The minimum atomic E-state index is -1.13. The molecule has 186 valence electrons. The summed E-state index contributed by atoms with van der Waals surface area (Å²) in [5.74, 6) is -2.19. The molecule has 0 unspecified atom stereocenters. The molecule has 0 aliphatic carbocycles. The zero-order valence-corrected chi connectivity index (χ0v) is 19.9. The van der Waals surface area contributed by atoms with E-state index in [-0.39, 0.29) is 49.7 Å². The second-order valence-corrected chi connectivity index (χ2v) is 8.77. The molecule has 4 rings (SSSR count). The molecule has 0 saturated heterocycles. The summed E-state index contributed by atoms with van der Waals surface area (Å²) in [5, 5.41) is 32.5. The van der Waals surface area contributed by atoms with E-state index in [1.165, 1.54) is 48.5 Å². The van der Waals surface area contributed by atoms with E-state index in [0.717, 1.165) is 15.9 Å². The fourth-order valence-corrected chi connectivity index (χ4v) is 5.15. The summed E-state index contributed by atoms with van der Waals surface area (Å²) in [7, 11) is 0. The lowest BCUT2D eigenvalue weighted by molar-refractivity contribution is -0.385. The first-order valence-electron chi connectivity index (χ1n) is 10.7. The van der Waals surface area contributed by atoms with Crippen molar-refractivity contribution in [1.82, 2.24) is 4.57 Å². The van der Waals surface area contributed by atoms with Gasteiger partial charge in [0.1, 0.15) is 10.5 Å². The molecule has 0 spiro atoms. The number of aromatic nitrogens is 1. The van der Waals surface area contributed by atoms with Gasteiger partial charge in [-0.3, -0.25) is 29.6 Å². The number of nitro benzene ring substituents is 2. The van der Waals surface area contributed by atoms with Crippen LogP contribution in [0.1, 0.15) is 24.0 Å². The molecule has 13 heteroatoms. The van der Waals surface area contributed by atoms with E-state index in [1.54, 1.807) is 13.0 Å². The van der Waals surface area contributed by atoms with Gasteiger partial charge >= 0.3 is 5.97 Å². The number of nitrogens with two attached hydrogens (primary N) is 1. The van der Waals surface area contributed by atoms with Crippen LogP contribution in [-0.4, -0.2) is 27.0 Å². The summed E-state index contributed by atoms with van der Waals surface area (Å²) >= 11 is 0.888. The third-order valence-corrected chi connectivity index (χ3v) is 6.67. The Kier molecular flexibility index (Phi) is 6.68. The normalized spacial score (nSPS) is 15.2. The van der Waals surface area contributed by atoms with E-state index in [4.69, 9.17) is 10.5 Å². The molecule has 1 aliphatic heterocycles. The van der Waals surface area contributed by atoms with Gasteiger partial charge in [-0.2, -0.15) is 5.26 Å². The standard InChI is InChI=1S/C24H17N5O7S/c1-2-36-24(31)20-19(14-6-4-8-16(11-14)29(34)35)17(12-25)21(26)27-22(30)18(37-23(20)27)10-13-5-3-7-15(9-13)28(32)33/h3-11,19H,2,26H2,1H3/t19-/m0/s1. The van der Waals surface area contributed by atoms with Crippen LogP contribution in [0.25, 0.3) is 17.5 Å². The molecule has 1 atom stereocenters. The van der Waals surface area contributed by atoms with Crippen molar-refractivity contribution in [3.63, 3.8) is 0 Å². The Morgan fingerprint density at radius 3 is 2.46 bits per heavy atom.